The van der Waals surface area contributed by atoms with E-state index in [0.29, 0.717) is 22.3 Å². The maximum atomic E-state index is 12.5. The molecule has 0 saturated carbocycles. The molecule has 100 valence electrons. The van der Waals surface area contributed by atoms with Crippen LogP contribution in [0.1, 0.15) is 0 Å². The van der Waals surface area contributed by atoms with Crippen LogP contribution in [0.15, 0.2) is 52.3 Å². The predicted molar refractivity (Wildman–Crippen MR) is 74.5 cm³/mol. The summed E-state index contributed by atoms with van der Waals surface area (Å²) in [6, 6.07) is 8.14. The lowest BCUT2D eigenvalue weighted by molar-refractivity contribution is 0.415. The molecule has 3 aromatic rings. The summed E-state index contributed by atoms with van der Waals surface area (Å²) in [7, 11) is 1.52. The van der Waals surface area contributed by atoms with E-state index >= 15 is 0 Å². The summed E-state index contributed by atoms with van der Waals surface area (Å²) in [5.41, 5.74) is 0.0646. The van der Waals surface area contributed by atoms with E-state index in [9.17, 15) is 9.59 Å². The van der Waals surface area contributed by atoms with Gasteiger partial charge < -0.3 is 9.72 Å². The Morgan fingerprint density at radius 2 is 1.90 bits per heavy atom. The lowest BCUT2D eigenvalue weighted by Crippen LogP contribution is -2.33. The number of hydrogen-bond donors (Lipinski definition) is 1. The van der Waals surface area contributed by atoms with Gasteiger partial charge in [0.15, 0.2) is 0 Å². The second-order valence-electron chi connectivity index (χ2n) is 4.19. The van der Waals surface area contributed by atoms with Crippen molar-refractivity contribution in [1.82, 2.24) is 14.5 Å². The second kappa shape index (κ2) is 4.65. The van der Waals surface area contributed by atoms with Crippen molar-refractivity contribution in [1.29, 1.82) is 0 Å². The van der Waals surface area contributed by atoms with Crippen molar-refractivity contribution in [3.8, 4) is 11.4 Å². The molecular formula is C14H11N3O3. The predicted octanol–water partition coefficient (Wildman–Crippen LogP) is 1.08. The van der Waals surface area contributed by atoms with Crippen LogP contribution in [-0.4, -0.2) is 21.6 Å². The standard InChI is InChI=1S/C14H11N3O3/c1-20-10-2-3-12-11(8-10)13(18)17(14(19)16-12)9-4-6-15-7-5-9/h2-8H,1H3,(H,16,19). The number of rotatable bonds is 2. The smallest absolute Gasteiger partial charge is 0.333 e. The van der Waals surface area contributed by atoms with Gasteiger partial charge in [0.05, 0.1) is 23.7 Å². The number of ether oxygens (including phenoxy) is 1. The molecule has 0 spiro atoms. The third kappa shape index (κ3) is 1.87. The minimum Gasteiger partial charge on any atom is -0.497 e. The van der Waals surface area contributed by atoms with Crippen LogP contribution >= 0.6 is 0 Å². The van der Waals surface area contributed by atoms with E-state index in [2.05, 4.69) is 9.97 Å². The topological polar surface area (TPSA) is 77.0 Å². The zero-order valence-corrected chi connectivity index (χ0v) is 10.7. The molecule has 0 aliphatic rings. The number of H-pyrrole nitrogens is 1. The molecule has 0 unspecified atom stereocenters. The highest BCUT2D eigenvalue weighted by Crippen LogP contribution is 2.15. The van der Waals surface area contributed by atoms with Crippen LogP contribution in [0.2, 0.25) is 0 Å². The van der Waals surface area contributed by atoms with Crippen LogP contribution in [0, 0.1) is 0 Å². The van der Waals surface area contributed by atoms with Crippen LogP contribution in [-0.2, 0) is 0 Å². The maximum absolute atomic E-state index is 12.5. The van der Waals surface area contributed by atoms with Crippen molar-refractivity contribution in [3.05, 3.63) is 63.6 Å². The van der Waals surface area contributed by atoms with E-state index in [4.69, 9.17) is 4.74 Å². The molecule has 0 saturated heterocycles. The zero-order chi connectivity index (χ0) is 14.1. The minimum absolute atomic E-state index is 0.390. The monoisotopic (exact) mass is 269 g/mol. The van der Waals surface area contributed by atoms with Gasteiger partial charge in [-0.25, -0.2) is 9.36 Å². The maximum Gasteiger partial charge on any atom is 0.333 e. The minimum atomic E-state index is -0.487. The molecule has 0 amide bonds. The summed E-state index contributed by atoms with van der Waals surface area (Å²) in [6.07, 6.45) is 3.05. The van der Waals surface area contributed by atoms with E-state index < -0.39 is 11.2 Å². The van der Waals surface area contributed by atoms with Crippen molar-refractivity contribution >= 4 is 10.9 Å². The number of benzene rings is 1. The van der Waals surface area contributed by atoms with E-state index in [1.165, 1.54) is 19.5 Å². The normalized spacial score (nSPS) is 10.7. The fraction of sp³-hybridized carbons (Fsp3) is 0.0714. The molecule has 3 rings (SSSR count). The first-order valence-corrected chi connectivity index (χ1v) is 5.94. The van der Waals surface area contributed by atoms with Crippen LogP contribution in [0.5, 0.6) is 5.75 Å². The van der Waals surface area contributed by atoms with Crippen LogP contribution in [0.3, 0.4) is 0 Å². The largest absolute Gasteiger partial charge is 0.497 e. The van der Waals surface area contributed by atoms with Gasteiger partial charge in [0.2, 0.25) is 0 Å². The van der Waals surface area contributed by atoms with Crippen LogP contribution in [0.4, 0.5) is 0 Å². The van der Waals surface area contributed by atoms with Crippen molar-refractivity contribution in [3.63, 3.8) is 0 Å². The number of fused-ring (bicyclic) bond motifs is 1. The Labute approximate surface area is 113 Å². The number of aromatic amines is 1. The summed E-state index contributed by atoms with van der Waals surface area (Å²) < 4.78 is 6.18. The molecule has 0 radical (unpaired) electrons. The molecular weight excluding hydrogens is 258 g/mol. The highest BCUT2D eigenvalue weighted by molar-refractivity contribution is 5.79. The lowest BCUT2D eigenvalue weighted by atomic mass is 10.2. The van der Waals surface area contributed by atoms with E-state index in [0.717, 1.165) is 4.57 Å². The molecule has 0 aliphatic carbocycles. The van der Waals surface area contributed by atoms with Crippen molar-refractivity contribution in [2.45, 2.75) is 0 Å². The first-order chi connectivity index (χ1) is 9.70. The molecule has 1 N–H and O–H groups in total. The third-order valence-corrected chi connectivity index (χ3v) is 3.03. The van der Waals surface area contributed by atoms with Gasteiger partial charge in [-0.15, -0.1) is 0 Å². The second-order valence-corrected chi connectivity index (χ2v) is 4.19. The Bertz CT molecular complexity index is 882. The Kier molecular flexibility index (Phi) is 2.83. The molecule has 0 atom stereocenters. The van der Waals surface area contributed by atoms with Gasteiger partial charge in [-0.2, -0.15) is 0 Å². The van der Waals surface area contributed by atoms with Gasteiger partial charge in [0.25, 0.3) is 5.56 Å². The van der Waals surface area contributed by atoms with Gasteiger partial charge in [-0.05, 0) is 30.3 Å². The van der Waals surface area contributed by atoms with E-state index in [-0.39, 0.29) is 0 Å². The Balaban J connectivity index is 2.39. The van der Waals surface area contributed by atoms with E-state index in [1.54, 1.807) is 30.3 Å². The summed E-state index contributed by atoms with van der Waals surface area (Å²) >= 11 is 0. The Morgan fingerprint density at radius 1 is 1.15 bits per heavy atom. The number of methoxy groups -OCH3 is 1. The van der Waals surface area contributed by atoms with Crippen LogP contribution in [0.25, 0.3) is 16.6 Å². The first-order valence-electron chi connectivity index (χ1n) is 5.94. The summed E-state index contributed by atoms with van der Waals surface area (Å²) in [5, 5.41) is 0.390. The molecule has 6 heteroatoms. The van der Waals surface area contributed by atoms with Gasteiger partial charge in [0.1, 0.15) is 5.75 Å². The first kappa shape index (κ1) is 12.2. The molecule has 0 aliphatic heterocycles. The van der Waals surface area contributed by atoms with Gasteiger partial charge in [-0.1, -0.05) is 0 Å². The number of pyridine rings is 1. The molecule has 20 heavy (non-hydrogen) atoms. The fourth-order valence-electron chi connectivity index (χ4n) is 2.05. The summed E-state index contributed by atoms with van der Waals surface area (Å²) in [5.74, 6) is 0.558. The third-order valence-electron chi connectivity index (χ3n) is 3.03. The Hall–Kier alpha value is -2.89. The van der Waals surface area contributed by atoms with Gasteiger partial charge in [0, 0.05) is 12.4 Å². The average molecular weight is 269 g/mol. The fourth-order valence-corrected chi connectivity index (χ4v) is 2.05. The average Bonchev–Trinajstić information content (AvgIpc) is 2.48. The lowest BCUT2D eigenvalue weighted by Gasteiger charge is -2.07. The van der Waals surface area contributed by atoms with Crippen LogP contribution < -0.4 is 16.0 Å². The summed E-state index contributed by atoms with van der Waals surface area (Å²) in [6.45, 7) is 0. The van der Waals surface area contributed by atoms with Crippen molar-refractivity contribution in [2.75, 3.05) is 7.11 Å². The van der Waals surface area contributed by atoms with Gasteiger partial charge >= 0.3 is 5.69 Å². The number of nitrogens with zero attached hydrogens (tertiary/aromatic N) is 2. The SMILES string of the molecule is COc1ccc2[nH]c(=O)n(-c3ccncc3)c(=O)c2c1. The van der Waals surface area contributed by atoms with Crippen molar-refractivity contribution < 1.29 is 4.74 Å². The molecule has 2 heterocycles. The molecule has 0 fully saturated rings. The quantitative estimate of drug-likeness (QED) is 0.755. The molecule has 2 aromatic heterocycles. The summed E-state index contributed by atoms with van der Waals surface area (Å²) in [4.78, 5) is 31.1. The molecule has 1 aromatic carbocycles. The molecule has 0 bridgehead atoms. The molecule has 6 nitrogen and oxygen atoms in total. The number of aromatic nitrogens is 3. The number of hydrogen-bond acceptors (Lipinski definition) is 4. The number of nitrogens with one attached hydrogen (secondary N) is 1. The highest BCUT2D eigenvalue weighted by Gasteiger charge is 2.10. The van der Waals surface area contributed by atoms with Gasteiger partial charge in [-0.3, -0.25) is 9.78 Å². The Morgan fingerprint density at radius 3 is 2.60 bits per heavy atom. The zero-order valence-electron chi connectivity index (χ0n) is 10.7. The van der Waals surface area contributed by atoms with E-state index in [1.807, 2.05) is 0 Å². The highest BCUT2D eigenvalue weighted by atomic mass is 16.5. The van der Waals surface area contributed by atoms with Crippen molar-refractivity contribution in [2.24, 2.45) is 0 Å².